The van der Waals surface area contributed by atoms with Crippen LogP contribution in [0.3, 0.4) is 0 Å². The zero-order valence-electron chi connectivity index (χ0n) is 17.0. The largest absolute Gasteiger partial charge is 0.493 e. The predicted octanol–water partition coefficient (Wildman–Crippen LogP) is 4.46. The van der Waals surface area contributed by atoms with Gasteiger partial charge in [-0.15, -0.1) is 35.3 Å². The molecule has 1 fully saturated rings. The first kappa shape index (κ1) is 22.9. The molecule has 1 heterocycles. The highest BCUT2D eigenvalue weighted by Crippen LogP contribution is 2.30. The molecule has 1 saturated carbocycles. The lowest BCUT2D eigenvalue weighted by molar-refractivity contribution is 0.296. The molecule has 2 aromatic rings. The molecule has 7 heteroatoms. The lowest BCUT2D eigenvalue weighted by Gasteiger charge is -2.13. The molecule has 1 aromatic carbocycles. The Kier molecular flexibility index (Phi) is 9.50. The summed E-state index contributed by atoms with van der Waals surface area (Å²) in [7, 11) is 0. The molecular weight excluding hydrogens is 483 g/mol. The highest BCUT2D eigenvalue weighted by Gasteiger charge is 2.22. The number of nitrogens with one attached hydrogen (secondary N) is 2. The summed E-state index contributed by atoms with van der Waals surface area (Å²) in [4.78, 5) is 9.26. The van der Waals surface area contributed by atoms with Crippen molar-refractivity contribution >= 4 is 41.3 Å². The highest BCUT2D eigenvalue weighted by molar-refractivity contribution is 14.0. The van der Waals surface area contributed by atoms with Crippen molar-refractivity contribution in [3.05, 3.63) is 45.4 Å². The van der Waals surface area contributed by atoms with Crippen LogP contribution in [0.5, 0.6) is 5.75 Å². The molecule has 0 unspecified atom stereocenters. The smallest absolute Gasteiger partial charge is 0.191 e. The number of nitrogens with zero attached hydrogens (tertiary/aromatic N) is 2. The quantitative estimate of drug-likeness (QED) is 0.295. The number of aryl methyl sites for hydroxylation is 2. The molecule has 0 bridgehead atoms. The van der Waals surface area contributed by atoms with Crippen molar-refractivity contribution in [1.82, 2.24) is 15.6 Å². The maximum absolute atomic E-state index is 6.06. The summed E-state index contributed by atoms with van der Waals surface area (Å²) in [6.45, 7) is 9.29. The number of guanidine groups is 1. The molecule has 0 atom stereocenters. The zero-order chi connectivity index (χ0) is 19.1. The SMILES string of the molecule is CCNC(=NCc1ccc(C)cc1OCC1CC1)NCCc1csc(C)n1.I. The molecule has 0 spiro atoms. The molecule has 5 nitrogen and oxygen atoms in total. The van der Waals surface area contributed by atoms with Crippen LogP contribution in [0.2, 0.25) is 0 Å². The van der Waals surface area contributed by atoms with Crippen molar-refractivity contribution < 1.29 is 4.74 Å². The van der Waals surface area contributed by atoms with E-state index in [0.717, 1.165) is 60.0 Å². The van der Waals surface area contributed by atoms with E-state index >= 15 is 0 Å². The highest BCUT2D eigenvalue weighted by atomic mass is 127. The summed E-state index contributed by atoms with van der Waals surface area (Å²) >= 11 is 1.70. The molecule has 28 heavy (non-hydrogen) atoms. The molecule has 0 amide bonds. The van der Waals surface area contributed by atoms with Crippen molar-refractivity contribution in [2.75, 3.05) is 19.7 Å². The summed E-state index contributed by atoms with van der Waals surface area (Å²) < 4.78 is 6.06. The van der Waals surface area contributed by atoms with Crippen LogP contribution in [0.25, 0.3) is 0 Å². The number of thiazole rings is 1. The van der Waals surface area contributed by atoms with Gasteiger partial charge < -0.3 is 15.4 Å². The Morgan fingerprint density at radius 2 is 2.11 bits per heavy atom. The van der Waals surface area contributed by atoms with Gasteiger partial charge in [-0.1, -0.05) is 12.1 Å². The van der Waals surface area contributed by atoms with Crippen LogP contribution in [0.4, 0.5) is 0 Å². The zero-order valence-corrected chi connectivity index (χ0v) is 20.1. The minimum Gasteiger partial charge on any atom is -0.493 e. The van der Waals surface area contributed by atoms with Gasteiger partial charge in [-0.05, 0) is 51.2 Å². The van der Waals surface area contributed by atoms with Crippen molar-refractivity contribution in [1.29, 1.82) is 0 Å². The minimum atomic E-state index is 0. The Hall–Kier alpha value is -1.35. The lowest BCUT2D eigenvalue weighted by Crippen LogP contribution is -2.38. The number of ether oxygens (including phenoxy) is 1. The van der Waals surface area contributed by atoms with Gasteiger partial charge in [0.1, 0.15) is 5.75 Å². The number of aliphatic imine (C=N–C) groups is 1. The summed E-state index contributed by atoms with van der Waals surface area (Å²) in [5, 5.41) is 9.95. The first-order valence-electron chi connectivity index (χ1n) is 9.79. The molecule has 0 saturated heterocycles. The van der Waals surface area contributed by atoms with Crippen molar-refractivity contribution in [2.24, 2.45) is 10.9 Å². The van der Waals surface area contributed by atoms with Crippen LogP contribution in [-0.4, -0.2) is 30.6 Å². The second kappa shape index (κ2) is 11.6. The Bertz CT molecular complexity index is 774. The first-order valence-corrected chi connectivity index (χ1v) is 10.7. The summed E-state index contributed by atoms with van der Waals surface area (Å²) in [5.41, 5.74) is 3.49. The topological polar surface area (TPSA) is 58.5 Å². The van der Waals surface area contributed by atoms with E-state index in [2.05, 4.69) is 53.0 Å². The van der Waals surface area contributed by atoms with Crippen LogP contribution >= 0.6 is 35.3 Å². The number of rotatable bonds is 9. The van der Waals surface area contributed by atoms with Gasteiger partial charge in [0.15, 0.2) is 5.96 Å². The summed E-state index contributed by atoms with van der Waals surface area (Å²) in [6.07, 6.45) is 3.49. The van der Waals surface area contributed by atoms with Crippen LogP contribution < -0.4 is 15.4 Å². The fraction of sp³-hybridized carbons (Fsp3) is 0.524. The van der Waals surface area contributed by atoms with E-state index in [9.17, 15) is 0 Å². The molecule has 0 aliphatic heterocycles. The van der Waals surface area contributed by atoms with Crippen LogP contribution in [-0.2, 0) is 13.0 Å². The number of halogens is 1. The van der Waals surface area contributed by atoms with E-state index < -0.39 is 0 Å². The fourth-order valence-electron chi connectivity index (χ4n) is 2.76. The van der Waals surface area contributed by atoms with E-state index in [1.807, 2.05) is 6.92 Å². The van der Waals surface area contributed by atoms with Crippen LogP contribution in [0, 0.1) is 19.8 Å². The van der Waals surface area contributed by atoms with Crippen molar-refractivity contribution in [3.63, 3.8) is 0 Å². The summed E-state index contributed by atoms with van der Waals surface area (Å²) in [6, 6.07) is 6.38. The van der Waals surface area contributed by atoms with Gasteiger partial charge in [0.25, 0.3) is 0 Å². The third kappa shape index (κ3) is 7.58. The minimum absolute atomic E-state index is 0. The molecular formula is C21H31IN4OS. The maximum Gasteiger partial charge on any atom is 0.191 e. The standard InChI is InChI=1S/C21H30N4OS.HI/c1-4-22-21(23-10-9-19-14-27-16(3)25-19)24-12-18-8-5-15(2)11-20(18)26-13-17-6-7-17;/h5,8,11,14,17H,4,6-7,9-10,12-13H2,1-3H3,(H2,22,23,24);1H. The van der Waals surface area contributed by atoms with Crippen LogP contribution in [0.1, 0.15) is 41.6 Å². The summed E-state index contributed by atoms with van der Waals surface area (Å²) in [5.74, 6) is 2.55. The normalized spacial score (nSPS) is 13.8. The third-order valence-corrected chi connectivity index (χ3v) is 5.31. The van der Waals surface area contributed by atoms with Gasteiger partial charge in [0.05, 0.1) is 23.9 Å². The van der Waals surface area contributed by atoms with Gasteiger partial charge in [0.2, 0.25) is 0 Å². The number of aromatic nitrogens is 1. The molecule has 1 aliphatic rings. The second-order valence-corrected chi connectivity index (χ2v) is 8.16. The van der Waals surface area contributed by atoms with E-state index in [4.69, 9.17) is 9.73 Å². The number of hydrogen-bond acceptors (Lipinski definition) is 4. The first-order chi connectivity index (χ1) is 13.1. The van der Waals surface area contributed by atoms with E-state index in [-0.39, 0.29) is 24.0 Å². The van der Waals surface area contributed by atoms with Gasteiger partial charge in [-0.25, -0.2) is 9.98 Å². The molecule has 1 aliphatic carbocycles. The number of hydrogen-bond donors (Lipinski definition) is 2. The Morgan fingerprint density at radius 3 is 2.79 bits per heavy atom. The predicted molar refractivity (Wildman–Crippen MR) is 128 cm³/mol. The Labute approximate surface area is 189 Å². The van der Waals surface area contributed by atoms with E-state index in [0.29, 0.717) is 6.54 Å². The average molecular weight is 514 g/mol. The van der Waals surface area contributed by atoms with Gasteiger partial charge in [-0.2, -0.15) is 0 Å². The third-order valence-electron chi connectivity index (χ3n) is 4.49. The van der Waals surface area contributed by atoms with E-state index in [1.165, 1.54) is 18.4 Å². The van der Waals surface area contributed by atoms with Gasteiger partial charge in [0, 0.05) is 30.5 Å². The second-order valence-electron chi connectivity index (χ2n) is 7.10. The maximum atomic E-state index is 6.06. The van der Waals surface area contributed by atoms with Crippen molar-refractivity contribution in [3.8, 4) is 5.75 Å². The fourth-order valence-corrected chi connectivity index (χ4v) is 3.40. The van der Waals surface area contributed by atoms with Crippen molar-refractivity contribution in [2.45, 2.75) is 46.6 Å². The van der Waals surface area contributed by atoms with Crippen LogP contribution in [0.15, 0.2) is 28.6 Å². The molecule has 3 rings (SSSR count). The lowest BCUT2D eigenvalue weighted by atomic mass is 10.1. The monoisotopic (exact) mass is 514 g/mol. The molecule has 1 aromatic heterocycles. The average Bonchev–Trinajstić information content (AvgIpc) is 3.39. The molecule has 0 radical (unpaired) electrons. The van der Waals surface area contributed by atoms with Gasteiger partial charge in [-0.3, -0.25) is 0 Å². The molecule has 154 valence electrons. The Balaban J connectivity index is 0.00000280. The van der Waals surface area contributed by atoms with E-state index in [1.54, 1.807) is 11.3 Å². The van der Waals surface area contributed by atoms with Gasteiger partial charge >= 0.3 is 0 Å². The molecule has 2 N–H and O–H groups in total. The Morgan fingerprint density at radius 1 is 1.29 bits per heavy atom. The number of benzene rings is 1.